The Balaban J connectivity index is 1.90. The van der Waals surface area contributed by atoms with E-state index in [4.69, 9.17) is 31.2 Å². The van der Waals surface area contributed by atoms with Crippen molar-refractivity contribution in [2.45, 2.75) is 20.0 Å². The van der Waals surface area contributed by atoms with Gasteiger partial charge in [0.05, 0.1) is 33.6 Å². The minimum Gasteiger partial charge on any atom is -0.497 e. The molecule has 0 aliphatic rings. The van der Waals surface area contributed by atoms with Crippen molar-refractivity contribution < 1.29 is 18.9 Å². The minimum atomic E-state index is 0.523. The average Bonchev–Trinajstić information content (AvgIpc) is 2.85. The fourth-order valence-corrected chi connectivity index (χ4v) is 3.65. The smallest absolute Gasteiger partial charge is 0.174 e. The highest BCUT2D eigenvalue weighted by Crippen LogP contribution is 2.28. The first-order valence-corrected chi connectivity index (χ1v) is 11.1. The van der Waals surface area contributed by atoms with E-state index in [1.807, 2.05) is 73.7 Å². The van der Waals surface area contributed by atoms with Crippen molar-refractivity contribution in [1.29, 1.82) is 0 Å². The number of rotatable bonds is 10. The summed E-state index contributed by atoms with van der Waals surface area (Å²) in [6.45, 7) is 3.64. The Morgan fingerprint density at radius 1 is 0.818 bits per heavy atom. The summed E-state index contributed by atoms with van der Waals surface area (Å²) in [6, 6.07) is 21.5. The van der Waals surface area contributed by atoms with Crippen molar-refractivity contribution in [2.75, 3.05) is 33.3 Å². The molecule has 1 N–H and O–H groups in total. The van der Waals surface area contributed by atoms with Crippen LogP contribution in [-0.2, 0) is 13.1 Å². The van der Waals surface area contributed by atoms with Crippen LogP contribution in [0.5, 0.6) is 23.0 Å². The molecule has 3 aromatic rings. The van der Waals surface area contributed by atoms with E-state index in [-0.39, 0.29) is 0 Å². The molecule has 0 aromatic heterocycles. The van der Waals surface area contributed by atoms with Gasteiger partial charge in [-0.2, -0.15) is 0 Å². The molecule has 0 atom stereocenters. The number of ether oxygens (including phenoxy) is 4. The van der Waals surface area contributed by atoms with Gasteiger partial charge in [-0.05, 0) is 67.2 Å². The van der Waals surface area contributed by atoms with Crippen LogP contribution in [0, 0.1) is 0 Å². The third kappa shape index (κ3) is 6.52. The molecular formula is C26H30N2O4S. The Morgan fingerprint density at radius 3 is 2.18 bits per heavy atom. The molecule has 0 radical (unpaired) electrons. The van der Waals surface area contributed by atoms with Gasteiger partial charge >= 0.3 is 0 Å². The Morgan fingerprint density at radius 2 is 1.52 bits per heavy atom. The van der Waals surface area contributed by atoms with E-state index in [0.29, 0.717) is 24.8 Å². The predicted octanol–water partition coefficient (Wildman–Crippen LogP) is 5.51. The van der Waals surface area contributed by atoms with Gasteiger partial charge in [-0.25, -0.2) is 0 Å². The van der Waals surface area contributed by atoms with Crippen LogP contribution in [0.2, 0.25) is 0 Å². The van der Waals surface area contributed by atoms with Crippen molar-refractivity contribution in [2.24, 2.45) is 0 Å². The SMILES string of the molecule is CCOc1ccccc1NC(=S)N(Cc1ccc(OC)cc1)Cc1cc(OC)ccc1OC. The van der Waals surface area contributed by atoms with Crippen molar-refractivity contribution in [3.8, 4) is 23.0 Å². The maximum atomic E-state index is 5.85. The lowest BCUT2D eigenvalue weighted by Gasteiger charge is -2.27. The van der Waals surface area contributed by atoms with Crippen LogP contribution < -0.4 is 24.3 Å². The summed E-state index contributed by atoms with van der Waals surface area (Å²) < 4.78 is 22.1. The highest BCUT2D eigenvalue weighted by atomic mass is 32.1. The summed E-state index contributed by atoms with van der Waals surface area (Å²) in [6.07, 6.45) is 0. The Labute approximate surface area is 201 Å². The molecule has 6 nitrogen and oxygen atoms in total. The number of thiocarbonyl (C=S) groups is 1. The minimum absolute atomic E-state index is 0.523. The van der Waals surface area contributed by atoms with E-state index in [1.54, 1.807) is 21.3 Å². The topological polar surface area (TPSA) is 52.2 Å². The molecule has 0 spiro atoms. The van der Waals surface area contributed by atoms with Gasteiger partial charge in [0.1, 0.15) is 23.0 Å². The fourth-order valence-electron chi connectivity index (χ4n) is 3.41. The molecular weight excluding hydrogens is 436 g/mol. The second kappa shape index (κ2) is 12.0. The zero-order chi connectivity index (χ0) is 23.6. The number of methoxy groups -OCH3 is 3. The van der Waals surface area contributed by atoms with Crippen LogP contribution in [0.3, 0.4) is 0 Å². The quantitative estimate of drug-likeness (QED) is 0.395. The molecule has 0 saturated heterocycles. The first-order chi connectivity index (χ1) is 16.1. The van der Waals surface area contributed by atoms with Crippen molar-refractivity contribution in [1.82, 2.24) is 4.90 Å². The van der Waals surface area contributed by atoms with Crippen LogP contribution in [0.15, 0.2) is 66.7 Å². The second-order valence-corrected chi connectivity index (χ2v) is 7.63. The van der Waals surface area contributed by atoms with Gasteiger partial charge in [0.2, 0.25) is 0 Å². The lowest BCUT2D eigenvalue weighted by atomic mass is 10.1. The molecule has 0 saturated carbocycles. The molecule has 0 bridgehead atoms. The monoisotopic (exact) mass is 466 g/mol. The zero-order valence-corrected chi connectivity index (χ0v) is 20.3. The standard InChI is InChI=1S/C26H30N2O4S/c1-5-32-25-9-7-6-8-23(25)27-26(33)28(17-19-10-12-21(29-2)13-11-19)18-20-16-22(30-3)14-15-24(20)31-4/h6-16H,5,17-18H2,1-4H3,(H,27,33). The van der Waals surface area contributed by atoms with E-state index in [1.165, 1.54) is 0 Å². The average molecular weight is 467 g/mol. The molecule has 0 aliphatic carbocycles. The number of anilines is 1. The van der Waals surface area contributed by atoms with E-state index < -0.39 is 0 Å². The number of hydrogen-bond donors (Lipinski definition) is 1. The Kier molecular flexibility index (Phi) is 8.78. The Hall–Kier alpha value is -3.45. The highest BCUT2D eigenvalue weighted by molar-refractivity contribution is 7.80. The van der Waals surface area contributed by atoms with E-state index in [2.05, 4.69) is 10.2 Å². The number of nitrogens with zero attached hydrogens (tertiary/aromatic N) is 1. The van der Waals surface area contributed by atoms with Gasteiger partial charge in [-0.15, -0.1) is 0 Å². The number of benzene rings is 3. The van der Waals surface area contributed by atoms with E-state index in [0.717, 1.165) is 39.8 Å². The molecule has 3 aromatic carbocycles. The molecule has 0 aliphatic heterocycles. The first-order valence-electron chi connectivity index (χ1n) is 10.7. The summed E-state index contributed by atoms with van der Waals surface area (Å²) in [5.74, 6) is 3.10. The summed E-state index contributed by atoms with van der Waals surface area (Å²) in [5, 5.41) is 3.93. The van der Waals surface area contributed by atoms with Gasteiger partial charge < -0.3 is 29.2 Å². The van der Waals surface area contributed by atoms with Crippen LogP contribution in [0.25, 0.3) is 0 Å². The van der Waals surface area contributed by atoms with E-state index >= 15 is 0 Å². The second-order valence-electron chi connectivity index (χ2n) is 7.24. The third-order valence-electron chi connectivity index (χ3n) is 5.10. The maximum Gasteiger partial charge on any atom is 0.174 e. The van der Waals surface area contributed by atoms with Crippen LogP contribution >= 0.6 is 12.2 Å². The number of nitrogens with one attached hydrogen (secondary N) is 1. The highest BCUT2D eigenvalue weighted by Gasteiger charge is 2.16. The zero-order valence-electron chi connectivity index (χ0n) is 19.5. The predicted molar refractivity (Wildman–Crippen MR) is 136 cm³/mol. The first kappa shape index (κ1) is 24.2. The van der Waals surface area contributed by atoms with Gasteiger partial charge in [0.15, 0.2) is 5.11 Å². The third-order valence-corrected chi connectivity index (χ3v) is 5.46. The van der Waals surface area contributed by atoms with Crippen molar-refractivity contribution in [3.05, 3.63) is 77.9 Å². The molecule has 0 heterocycles. The van der Waals surface area contributed by atoms with Crippen LogP contribution in [-0.4, -0.2) is 37.9 Å². The summed E-state index contributed by atoms with van der Waals surface area (Å²) in [4.78, 5) is 2.08. The summed E-state index contributed by atoms with van der Waals surface area (Å²) in [5.41, 5.74) is 2.88. The summed E-state index contributed by atoms with van der Waals surface area (Å²) >= 11 is 5.85. The van der Waals surface area contributed by atoms with Crippen LogP contribution in [0.4, 0.5) is 5.69 Å². The molecule has 7 heteroatoms. The van der Waals surface area contributed by atoms with Crippen LogP contribution in [0.1, 0.15) is 18.1 Å². The van der Waals surface area contributed by atoms with Gasteiger partial charge in [0.25, 0.3) is 0 Å². The van der Waals surface area contributed by atoms with E-state index in [9.17, 15) is 0 Å². The number of hydrogen-bond acceptors (Lipinski definition) is 5. The van der Waals surface area contributed by atoms with Gasteiger partial charge in [-0.1, -0.05) is 24.3 Å². The van der Waals surface area contributed by atoms with Crippen molar-refractivity contribution in [3.63, 3.8) is 0 Å². The Bertz CT molecular complexity index is 1060. The van der Waals surface area contributed by atoms with Gasteiger partial charge in [0, 0.05) is 18.7 Å². The largest absolute Gasteiger partial charge is 0.497 e. The lowest BCUT2D eigenvalue weighted by molar-refractivity contribution is 0.341. The molecule has 174 valence electrons. The molecule has 33 heavy (non-hydrogen) atoms. The normalized spacial score (nSPS) is 10.3. The summed E-state index contributed by atoms with van der Waals surface area (Å²) in [7, 11) is 4.97. The molecule has 0 unspecified atom stereocenters. The van der Waals surface area contributed by atoms with Crippen molar-refractivity contribution >= 4 is 23.0 Å². The maximum absolute atomic E-state index is 5.85. The fraction of sp³-hybridized carbons (Fsp3) is 0.269. The molecule has 0 amide bonds. The lowest BCUT2D eigenvalue weighted by Crippen LogP contribution is -2.34. The molecule has 0 fully saturated rings. The van der Waals surface area contributed by atoms with Gasteiger partial charge in [-0.3, -0.25) is 0 Å². The molecule has 3 rings (SSSR count). The number of para-hydroxylation sites is 2.